The lowest BCUT2D eigenvalue weighted by Crippen LogP contribution is -2.21. The second kappa shape index (κ2) is 5.59. The quantitative estimate of drug-likeness (QED) is 0.895. The Bertz CT molecular complexity index is 538. The molecule has 0 radical (unpaired) electrons. The molecule has 0 amide bonds. The Labute approximate surface area is 114 Å². The first-order valence-electron chi connectivity index (χ1n) is 7.40. The van der Waals surface area contributed by atoms with Crippen molar-refractivity contribution in [3.63, 3.8) is 0 Å². The Hall–Kier alpha value is -1.58. The van der Waals surface area contributed by atoms with Crippen molar-refractivity contribution in [2.24, 2.45) is 0 Å². The Morgan fingerprint density at radius 2 is 1.89 bits per heavy atom. The van der Waals surface area contributed by atoms with Crippen molar-refractivity contribution >= 4 is 11.3 Å². The summed E-state index contributed by atoms with van der Waals surface area (Å²) in [5.74, 6) is 0.980. The van der Waals surface area contributed by atoms with Gasteiger partial charge >= 0.3 is 0 Å². The van der Waals surface area contributed by atoms with Crippen LogP contribution in [0.5, 0.6) is 0 Å². The normalized spacial score (nSPS) is 18.2. The minimum absolute atomic E-state index is 0.564. The van der Waals surface area contributed by atoms with Crippen LogP contribution in [0.3, 0.4) is 0 Å². The van der Waals surface area contributed by atoms with Crippen LogP contribution in [0.1, 0.15) is 50.6 Å². The fraction of sp³-hybridized carbons (Fsp3) is 0.600. The number of nitrogens with one attached hydrogen (secondary N) is 1. The summed E-state index contributed by atoms with van der Waals surface area (Å²) >= 11 is 0. The number of rotatable bonds is 2. The number of anilines is 1. The Balaban J connectivity index is 1.79. The fourth-order valence-corrected chi connectivity index (χ4v) is 2.95. The van der Waals surface area contributed by atoms with E-state index in [2.05, 4.69) is 21.5 Å². The van der Waals surface area contributed by atoms with Gasteiger partial charge in [-0.05, 0) is 25.8 Å². The summed E-state index contributed by atoms with van der Waals surface area (Å²) in [7, 11) is 0. The molecule has 2 aromatic heterocycles. The van der Waals surface area contributed by atoms with Crippen molar-refractivity contribution in [2.45, 2.75) is 57.9 Å². The molecule has 0 saturated heterocycles. The molecule has 1 N–H and O–H groups in total. The van der Waals surface area contributed by atoms with Gasteiger partial charge in [-0.15, -0.1) is 0 Å². The van der Waals surface area contributed by atoms with Gasteiger partial charge in [0.1, 0.15) is 5.52 Å². The van der Waals surface area contributed by atoms with E-state index in [1.807, 2.05) is 23.8 Å². The number of hydrogen-bond acceptors (Lipinski definition) is 3. The highest BCUT2D eigenvalue weighted by Gasteiger charge is 2.13. The average Bonchev–Trinajstić information content (AvgIpc) is 2.73. The van der Waals surface area contributed by atoms with Crippen LogP contribution in [0.4, 0.5) is 5.82 Å². The third-order valence-electron chi connectivity index (χ3n) is 3.96. The standard InChI is InChI=1S/C15H22N4/c1-12-11-14-15(16-9-10-19(14)18-12)17-13-7-5-3-2-4-6-8-13/h9-11,13H,2-8H2,1H3,(H,16,17). The van der Waals surface area contributed by atoms with Crippen molar-refractivity contribution < 1.29 is 0 Å². The highest BCUT2D eigenvalue weighted by atomic mass is 15.2. The minimum atomic E-state index is 0.564. The van der Waals surface area contributed by atoms with Crippen molar-refractivity contribution in [3.05, 3.63) is 24.2 Å². The molecule has 102 valence electrons. The van der Waals surface area contributed by atoms with Gasteiger partial charge in [-0.1, -0.05) is 32.1 Å². The van der Waals surface area contributed by atoms with E-state index in [0.717, 1.165) is 17.0 Å². The van der Waals surface area contributed by atoms with Gasteiger partial charge in [-0.25, -0.2) is 9.50 Å². The molecule has 4 nitrogen and oxygen atoms in total. The van der Waals surface area contributed by atoms with E-state index in [1.54, 1.807) is 0 Å². The minimum Gasteiger partial charge on any atom is -0.366 e. The van der Waals surface area contributed by atoms with Gasteiger partial charge in [0.05, 0.1) is 5.69 Å². The average molecular weight is 258 g/mol. The maximum atomic E-state index is 4.50. The van der Waals surface area contributed by atoms with E-state index in [4.69, 9.17) is 0 Å². The molecule has 2 aromatic rings. The number of hydrogen-bond donors (Lipinski definition) is 1. The molecule has 0 spiro atoms. The number of fused-ring (bicyclic) bond motifs is 1. The molecular formula is C15H22N4. The molecule has 0 aliphatic heterocycles. The van der Waals surface area contributed by atoms with Crippen LogP contribution in [0, 0.1) is 6.92 Å². The number of nitrogens with zero attached hydrogens (tertiary/aromatic N) is 3. The third kappa shape index (κ3) is 2.88. The van der Waals surface area contributed by atoms with E-state index < -0.39 is 0 Å². The highest BCUT2D eigenvalue weighted by molar-refractivity contribution is 5.67. The van der Waals surface area contributed by atoms with Gasteiger partial charge in [0.2, 0.25) is 0 Å². The van der Waals surface area contributed by atoms with E-state index in [1.165, 1.54) is 44.9 Å². The second-order valence-corrected chi connectivity index (χ2v) is 5.58. The zero-order valence-electron chi connectivity index (χ0n) is 11.6. The lowest BCUT2D eigenvalue weighted by Gasteiger charge is -2.21. The Morgan fingerprint density at radius 1 is 1.16 bits per heavy atom. The van der Waals surface area contributed by atoms with E-state index in [-0.39, 0.29) is 0 Å². The summed E-state index contributed by atoms with van der Waals surface area (Å²) in [6.45, 7) is 2.02. The first-order chi connectivity index (χ1) is 9.33. The maximum Gasteiger partial charge on any atom is 0.152 e. The first kappa shape index (κ1) is 12.5. The summed E-state index contributed by atoms with van der Waals surface area (Å²) in [6, 6.07) is 2.66. The summed E-state index contributed by atoms with van der Waals surface area (Å²) in [6.07, 6.45) is 13.1. The predicted octanol–water partition coefficient (Wildman–Crippen LogP) is 3.56. The van der Waals surface area contributed by atoms with Crippen molar-refractivity contribution in [1.82, 2.24) is 14.6 Å². The van der Waals surface area contributed by atoms with Crippen LogP contribution in [-0.4, -0.2) is 20.6 Å². The van der Waals surface area contributed by atoms with Crippen LogP contribution in [0.15, 0.2) is 18.5 Å². The summed E-state index contributed by atoms with van der Waals surface area (Å²) in [4.78, 5) is 4.50. The molecule has 4 heteroatoms. The molecular weight excluding hydrogens is 236 g/mol. The van der Waals surface area contributed by atoms with E-state index in [0.29, 0.717) is 6.04 Å². The smallest absolute Gasteiger partial charge is 0.152 e. The molecule has 0 aromatic carbocycles. The van der Waals surface area contributed by atoms with E-state index >= 15 is 0 Å². The monoisotopic (exact) mass is 258 g/mol. The summed E-state index contributed by atoms with van der Waals surface area (Å²) in [5.41, 5.74) is 2.12. The fourth-order valence-electron chi connectivity index (χ4n) is 2.95. The van der Waals surface area contributed by atoms with Crippen LogP contribution in [-0.2, 0) is 0 Å². The molecule has 0 atom stereocenters. The molecule has 0 unspecified atom stereocenters. The lowest BCUT2D eigenvalue weighted by atomic mass is 9.97. The van der Waals surface area contributed by atoms with Gasteiger partial charge in [0.25, 0.3) is 0 Å². The summed E-state index contributed by atoms with van der Waals surface area (Å²) < 4.78 is 1.91. The molecule has 2 heterocycles. The topological polar surface area (TPSA) is 42.2 Å². The molecule has 3 rings (SSSR count). The Morgan fingerprint density at radius 3 is 2.68 bits per heavy atom. The molecule has 19 heavy (non-hydrogen) atoms. The zero-order valence-corrected chi connectivity index (χ0v) is 11.6. The third-order valence-corrected chi connectivity index (χ3v) is 3.96. The molecule has 1 aliphatic carbocycles. The highest BCUT2D eigenvalue weighted by Crippen LogP contribution is 2.22. The summed E-state index contributed by atoms with van der Waals surface area (Å²) in [5, 5.41) is 8.07. The second-order valence-electron chi connectivity index (χ2n) is 5.58. The zero-order chi connectivity index (χ0) is 13.1. The van der Waals surface area contributed by atoms with Crippen molar-refractivity contribution in [1.29, 1.82) is 0 Å². The van der Waals surface area contributed by atoms with Crippen LogP contribution in [0.2, 0.25) is 0 Å². The molecule has 1 aliphatic rings. The lowest BCUT2D eigenvalue weighted by molar-refractivity contribution is 0.471. The van der Waals surface area contributed by atoms with Crippen LogP contribution >= 0.6 is 0 Å². The molecule has 1 saturated carbocycles. The van der Waals surface area contributed by atoms with Crippen molar-refractivity contribution in [2.75, 3.05) is 5.32 Å². The van der Waals surface area contributed by atoms with Crippen molar-refractivity contribution in [3.8, 4) is 0 Å². The molecule has 0 bridgehead atoms. The largest absolute Gasteiger partial charge is 0.366 e. The first-order valence-corrected chi connectivity index (χ1v) is 7.40. The predicted molar refractivity (Wildman–Crippen MR) is 77.5 cm³/mol. The van der Waals surface area contributed by atoms with E-state index in [9.17, 15) is 0 Å². The van der Waals surface area contributed by atoms with Gasteiger partial charge in [-0.2, -0.15) is 5.10 Å². The maximum absolute atomic E-state index is 4.50. The van der Waals surface area contributed by atoms with Crippen LogP contribution in [0.25, 0.3) is 5.52 Å². The SMILES string of the molecule is Cc1cc2c(NC3CCCCCCC3)nccn2n1. The number of aromatic nitrogens is 3. The van der Waals surface area contributed by atoms with Gasteiger partial charge < -0.3 is 5.32 Å². The van der Waals surface area contributed by atoms with Gasteiger partial charge in [0, 0.05) is 18.4 Å². The Kier molecular flexibility index (Phi) is 3.67. The number of aryl methyl sites for hydroxylation is 1. The molecule has 1 fully saturated rings. The van der Waals surface area contributed by atoms with Crippen LogP contribution < -0.4 is 5.32 Å². The van der Waals surface area contributed by atoms with Gasteiger partial charge in [0.15, 0.2) is 5.82 Å². The van der Waals surface area contributed by atoms with Gasteiger partial charge in [-0.3, -0.25) is 0 Å².